The smallest absolute Gasteiger partial charge is 0.328 e. The van der Waals surface area contributed by atoms with Crippen molar-refractivity contribution in [3.05, 3.63) is 101 Å². The minimum absolute atomic E-state index is 0.131. The number of hydrogen-bond donors (Lipinski definition) is 4. The normalized spacial score (nSPS) is 19.9. The molecule has 5 rings (SSSR count). The molecule has 2 amide bonds. The van der Waals surface area contributed by atoms with Gasteiger partial charge in [0, 0.05) is 5.69 Å². The Hall–Kier alpha value is -4.23. The number of carbonyl (C=O) groups excluding carboxylic acids is 2. The van der Waals surface area contributed by atoms with Crippen LogP contribution < -0.4 is 10.2 Å². The molecule has 12 heteroatoms. The lowest BCUT2D eigenvalue weighted by Crippen LogP contribution is -2.55. The van der Waals surface area contributed by atoms with Gasteiger partial charge in [-0.2, -0.15) is 0 Å². The predicted octanol–water partition coefficient (Wildman–Crippen LogP) is 3.46. The summed E-state index contributed by atoms with van der Waals surface area (Å²) in [5, 5.41) is 31.0. The van der Waals surface area contributed by atoms with Crippen LogP contribution >= 0.6 is 0 Å². The number of aliphatic carboxylic acids is 1. The SMILES string of the molecule is O=C(COC1(CCc2ccc(C3[C@@H](CCC(O)c4ccc(F)cc4)C(=O)N3c3ccc(F)cc3)cc2)COC1)NC(CO)C(=O)O. The van der Waals surface area contributed by atoms with Gasteiger partial charge in [0.05, 0.1) is 37.9 Å². The second-order valence-electron chi connectivity index (χ2n) is 11.7. The van der Waals surface area contributed by atoms with Gasteiger partial charge in [-0.25, -0.2) is 13.6 Å². The van der Waals surface area contributed by atoms with Crippen LogP contribution in [0.4, 0.5) is 14.5 Å². The van der Waals surface area contributed by atoms with Crippen molar-refractivity contribution < 1.29 is 48.0 Å². The second-order valence-corrected chi connectivity index (χ2v) is 11.7. The number of aliphatic hydroxyl groups is 2. The Kier molecular flexibility index (Phi) is 10.4. The highest BCUT2D eigenvalue weighted by Crippen LogP contribution is 2.46. The number of rotatable bonds is 15. The van der Waals surface area contributed by atoms with Crippen LogP contribution in [-0.4, -0.2) is 71.2 Å². The Labute approximate surface area is 264 Å². The highest BCUT2D eigenvalue weighted by atomic mass is 19.1. The monoisotopic (exact) mass is 638 g/mol. The number of anilines is 1. The third-order valence-electron chi connectivity index (χ3n) is 8.57. The maximum atomic E-state index is 13.7. The van der Waals surface area contributed by atoms with Crippen molar-refractivity contribution in [3.63, 3.8) is 0 Å². The highest BCUT2D eigenvalue weighted by molar-refractivity contribution is 6.03. The van der Waals surface area contributed by atoms with Crippen molar-refractivity contribution in [1.82, 2.24) is 5.32 Å². The summed E-state index contributed by atoms with van der Waals surface area (Å²) in [5.74, 6) is -3.36. The van der Waals surface area contributed by atoms with Crippen molar-refractivity contribution in [2.45, 2.75) is 49.5 Å². The summed E-state index contributed by atoms with van der Waals surface area (Å²) in [6.45, 7) is -0.551. The highest BCUT2D eigenvalue weighted by Gasteiger charge is 2.48. The number of β-lactam (4-membered cyclic amide) rings is 1. The van der Waals surface area contributed by atoms with Crippen LogP contribution in [0.15, 0.2) is 72.8 Å². The number of hydrogen-bond acceptors (Lipinski definition) is 7. The summed E-state index contributed by atoms with van der Waals surface area (Å²) < 4.78 is 38.2. The van der Waals surface area contributed by atoms with Gasteiger partial charge in [0.25, 0.3) is 0 Å². The van der Waals surface area contributed by atoms with Gasteiger partial charge < -0.3 is 35.0 Å². The van der Waals surface area contributed by atoms with E-state index in [2.05, 4.69) is 5.32 Å². The molecule has 4 N–H and O–H groups in total. The van der Waals surface area contributed by atoms with E-state index in [9.17, 15) is 28.3 Å². The first-order valence-corrected chi connectivity index (χ1v) is 15.0. The zero-order chi connectivity index (χ0) is 32.8. The van der Waals surface area contributed by atoms with Gasteiger partial charge >= 0.3 is 5.97 Å². The molecule has 2 aliphatic rings. The number of carbonyl (C=O) groups is 3. The number of carboxylic acid groups (broad SMARTS) is 1. The molecule has 2 aliphatic heterocycles. The zero-order valence-electron chi connectivity index (χ0n) is 25.0. The number of amides is 2. The largest absolute Gasteiger partial charge is 0.480 e. The Morgan fingerprint density at radius 2 is 1.63 bits per heavy atom. The molecule has 0 saturated carbocycles. The number of aliphatic hydroxyl groups excluding tert-OH is 2. The number of nitrogens with zero attached hydrogens (tertiary/aromatic N) is 1. The van der Waals surface area contributed by atoms with E-state index < -0.39 is 53.8 Å². The Balaban J connectivity index is 1.23. The van der Waals surface area contributed by atoms with Crippen LogP contribution in [0.5, 0.6) is 0 Å². The summed E-state index contributed by atoms with van der Waals surface area (Å²) in [6, 6.07) is 17.4. The predicted molar refractivity (Wildman–Crippen MR) is 162 cm³/mol. The number of halogens is 2. The van der Waals surface area contributed by atoms with E-state index in [1.807, 2.05) is 24.3 Å². The van der Waals surface area contributed by atoms with Crippen molar-refractivity contribution in [2.75, 3.05) is 31.3 Å². The summed E-state index contributed by atoms with van der Waals surface area (Å²) >= 11 is 0. The lowest BCUT2D eigenvalue weighted by molar-refractivity contribution is -0.212. The van der Waals surface area contributed by atoms with Crippen LogP contribution in [-0.2, 0) is 30.3 Å². The van der Waals surface area contributed by atoms with Gasteiger partial charge in [0.15, 0.2) is 0 Å². The van der Waals surface area contributed by atoms with Gasteiger partial charge in [-0.3, -0.25) is 9.59 Å². The molecule has 0 spiro atoms. The Morgan fingerprint density at radius 3 is 2.20 bits per heavy atom. The van der Waals surface area contributed by atoms with Crippen LogP contribution in [0.25, 0.3) is 0 Å². The summed E-state index contributed by atoms with van der Waals surface area (Å²) in [6.07, 6.45) is 0.960. The molecule has 0 bridgehead atoms. The van der Waals surface area contributed by atoms with Crippen molar-refractivity contribution >= 4 is 23.5 Å². The van der Waals surface area contributed by atoms with E-state index in [0.717, 1.165) is 11.1 Å². The van der Waals surface area contributed by atoms with E-state index in [1.165, 1.54) is 36.4 Å². The lowest BCUT2D eigenvalue weighted by atomic mass is 9.78. The maximum absolute atomic E-state index is 13.7. The minimum atomic E-state index is -1.41. The van der Waals surface area contributed by atoms with Crippen molar-refractivity contribution in [2.24, 2.45) is 5.92 Å². The molecule has 46 heavy (non-hydrogen) atoms. The van der Waals surface area contributed by atoms with Crippen LogP contribution in [0.2, 0.25) is 0 Å². The number of carboxylic acids is 1. The van der Waals surface area contributed by atoms with Gasteiger partial charge in [-0.1, -0.05) is 36.4 Å². The molecule has 3 aromatic carbocycles. The standard InChI is InChI=1S/C34H36F2N2O8/c35-24-7-5-22(6-8-24)29(40)14-13-27-31(38(32(27)42)26-11-9-25(36)10-12-26)23-3-1-21(2-4-23)15-16-34(19-45-20-34)46-18-30(41)37-28(17-39)33(43)44/h1-12,27-29,31,39-40H,13-20H2,(H,37,41)(H,43,44)/t27-,28?,29?,31?/m1/s1. The molecule has 244 valence electrons. The second kappa shape index (κ2) is 14.5. The Bertz CT molecular complexity index is 1510. The summed E-state index contributed by atoms with van der Waals surface area (Å²) in [5.41, 5.74) is 2.29. The zero-order valence-corrected chi connectivity index (χ0v) is 25.0. The topological polar surface area (TPSA) is 146 Å². The Morgan fingerprint density at radius 1 is 1.00 bits per heavy atom. The maximum Gasteiger partial charge on any atom is 0.328 e. The summed E-state index contributed by atoms with van der Waals surface area (Å²) in [7, 11) is 0. The molecule has 0 aliphatic carbocycles. The van der Waals surface area contributed by atoms with Crippen molar-refractivity contribution in [3.8, 4) is 0 Å². The number of ether oxygens (including phenoxy) is 2. The molecule has 2 fully saturated rings. The van der Waals surface area contributed by atoms with E-state index in [-0.39, 0.29) is 31.8 Å². The van der Waals surface area contributed by atoms with E-state index >= 15 is 0 Å². The first-order chi connectivity index (χ1) is 22.1. The van der Waals surface area contributed by atoms with Gasteiger partial charge in [-0.15, -0.1) is 0 Å². The quantitative estimate of drug-likeness (QED) is 0.185. The fraction of sp³-hybridized carbons (Fsp3) is 0.382. The number of nitrogens with one attached hydrogen (secondary N) is 1. The first kappa shape index (κ1) is 33.1. The number of aryl methyl sites for hydroxylation is 1. The lowest BCUT2D eigenvalue weighted by Gasteiger charge is -2.48. The van der Waals surface area contributed by atoms with E-state index in [4.69, 9.17) is 19.7 Å². The fourth-order valence-electron chi connectivity index (χ4n) is 5.81. The van der Waals surface area contributed by atoms with Crippen LogP contribution in [0.1, 0.15) is 48.1 Å². The molecular formula is C34H36F2N2O8. The average molecular weight is 639 g/mol. The van der Waals surface area contributed by atoms with Gasteiger partial charge in [-0.05, 0) is 78.8 Å². The van der Waals surface area contributed by atoms with E-state index in [1.54, 1.807) is 17.0 Å². The molecule has 0 radical (unpaired) electrons. The molecule has 3 unspecified atom stereocenters. The third-order valence-corrected chi connectivity index (χ3v) is 8.57. The third kappa shape index (κ3) is 7.59. The van der Waals surface area contributed by atoms with E-state index in [0.29, 0.717) is 36.9 Å². The molecule has 2 heterocycles. The minimum Gasteiger partial charge on any atom is -0.480 e. The first-order valence-electron chi connectivity index (χ1n) is 15.0. The number of benzene rings is 3. The molecule has 4 atom stereocenters. The summed E-state index contributed by atoms with van der Waals surface area (Å²) in [4.78, 5) is 38.2. The van der Waals surface area contributed by atoms with Crippen LogP contribution in [0, 0.1) is 17.6 Å². The molecule has 3 aromatic rings. The fourth-order valence-corrected chi connectivity index (χ4v) is 5.81. The molecule has 0 aromatic heterocycles. The van der Waals surface area contributed by atoms with Crippen LogP contribution in [0.3, 0.4) is 0 Å². The average Bonchev–Trinajstić information content (AvgIpc) is 3.03. The molecule has 10 nitrogen and oxygen atoms in total. The van der Waals surface area contributed by atoms with Gasteiger partial charge in [0.2, 0.25) is 11.8 Å². The van der Waals surface area contributed by atoms with Crippen molar-refractivity contribution in [1.29, 1.82) is 0 Å². The molecule has 2 saturated heterocycles. The van der Waals surface area contributed by atoms with Gasteiger partial charge in [0.1, 0.15) is 29.9 Å². The molecular weight excluding hydrogens is 602 g/mol.